The van der Waals surface area contributed by atoms with Gasteiger partial charge in [-0.3, -0.25) is 0 Å². The van der Waals surface area contributed by atoms with E-state index in [1.807, 2.05) is 0 Å². The van der Waals surface area contributed by atoms with Crippen molar-refractivity contribution >= 4 is 9.84 Å². The number of hydrogen-bond acceptors (Lipinski definition) is 2. The van der Waals surface area contributed by atoms with Gasteiger partial charge >= 0.3 is 32.7 Å². The quantitative estimate of drug-likeness (QED) is 0.680. The van der Waals surface area contributed by atoms with Gasteiger partial charge in [0.05, 0.1) is 4.75 Å². The minimum atomic E-state index is -3.06. The van der Waals surface area contributed by atoms with Gasteiger partial charge in [0.1, 0.15) is 0 Å². The molecule has 104 valence electrons. The second-order valence-corrected chi connectivity index (χ2v) is 9.24. The number of hydrogen-bond donors (Lipinski definition) is 0. The van der Waals surface area contributed by atoms with Gasteiger partial charge < -0.3 is 19.8 Å². The molecule has 0 aromatic heterocycles. The molecule has 1 aliphatic carbocycles. The van der Waals surface area contributed by atoms with Gasteiger partial charge in [0.15, 0.2) is 9.84 Å². The summed E-state index contributed by atoms with van der Waals surface area (Å²) < 4.78 is 23.3. The Morgan fingerprint density at radius 3 is 1.44 bits per heavy atom. The molecule has 1 rings (SSSR count). The third-order valence-corrected chi connectivity index (χ3v) is 5.94. The zero-order valence-electron chi connectivity index (χ0n) is 12.7. The molecule has 0 bridgehead atoms. The molecule has 0 aromatic rings. The van der Waals surface area contributed by atoms with Crippen LogP contribution in [-0.4, -0.2) is 18.4 Å². The topological polar surface area (TPSA) is 34.1 Å². The smallest absolute Gasteiger partial charge is 0.339 e. The molecule has 4 heteroatoms. The molecule has 0 aromatic carbocycles. The van der Waals surface area contributed by atoms with Gasteiger partial charge in [-0.1, -0.05) is 0 Å². The molecule has 0 saturated heterocycles. The van der Waals surface area contributed by atoms with E-state index in [-0.39, 0.29) is 49.8 Å². The molecule has 18 heavy (non-hydrogen) atoms. The van der Waals surface area contributed by atoms with Gasteiger partial charge in [-0.15, -0.1) is 6.42 Å². The summed E-state index contributed by atoms with van der Waals surface area (Å²) in [5.74, 6) is 1.48. The van der Waals surface area contributed by atoms with Gasteiger partial charge in [0.2, 0.25) is 0 Å². The van der Waals surface area contributed by atoms with Crippen LogP contribution in [0, 0.1) is 31.6 Å². The zero-order valence-corrected chi connectivity index (χ0v) is 16.3. The summed E-state index contributed by atoms with van der Waals surface area (Å²) >= 11 is 0. The van der Waals surface area contributed by atoms with Crippen molar-refractivity contribution < 1.29 is 41.1 Å². The minimum Gasteiger partial charge on any atom is -0.339 e. The van der Waals surface area contributed by atoms with Crippen molar-refractivity contribution in [1.29, 1.82) is 0 Å². The molecular formula is C14H27O2SY. The molecule has 2 atom stereocenters. The first kappa shape index (κ1) is 21.4. The maximum atomic E-state index is 12.0. The van der Waals surface area contributed by atoms with E-state index in [0.717, 1.165) is 6.42 Å². The van der Waals surface area contributed by atoms with Gasteiger partial charge in [0, 0.05) is 5.25 Å². The maximum Gasteiger partial charge on any atom is 3.00 e. The van der Waals surface area contributed by atoms with E-state index in [1.165, 1.54) is 5.92 Å². The van der Waals surface area contributed by atoms with Crippen molar-refractivity contribution in [2.45, 2.75) is 58.0 Å². The molecule has 0 aliphatic heterocycles. The Kier molecular flexibility index (Phi) is 9.18. The molecule has 1 fully saturated rings. The first-order valence-electron chi connectivity index (χ1n) is 6.07. The minimum absolute atomic E-state index is 0. The van der Waals surface area contributed by atoms with Crippen molar-refractivity contribution in [3.63, 3.8) is 0 Å². The Hall–Kier alpha value is 1.05. The molecule has 0 radical (unpaired) electrons. The largest absolute Gasteiger partial charge is 3.00 e. The van der Waals surface area contributed by atoms with Crippen LogP contribution in [0.5, 0.6) is 0 Å². The van der Waals surface area contributed by atoms with E-state index in [0.29, 0.717) is 0 Å². The molecule has 0 spiro atoms. The van der Waals surface area contributed by atoms with E-state index in [2.05, 4.69) is 34.6 Å². The van der Waals surface area contributed by atoms with Crippen molar-refractivity contribution in [1.82, 2.24) is 0 Å². The van der Waals surface area contributed by atoms with Crippen molar-refractivity contribution in [3.05, 3.63) is 19.8 Å². The molecule has 0 heterocycles. The van der Waals surface area contributed by atoms with Crippen LogP contribution < -0.4 is 0 Å². The van der Waals surface area contributed by atoms with Crippen molar-refractivity contribution in [3.8, 4) is 0 Å². The fraction of sp³-hybridized carbons (Fsp3) is 0.786. The first-order valence-corrected chi connectivity index (χ1v) is 7.62. The van der Waals surface area contributed by atoms with Gasteiger partial charge in [-0.05, 0) is 20.8 Å². The number of sulfone groups is 1. The third kappa shape index (κ3) is 5.58. The van der Waals surface area contributed by atoms with Crippen LogP contribution >= 0.6 is 0 Å². The van der Waals surface area contributed by atoms with E-state index >= 15 is 0 Å². The molecule has 2 nitrogen and oxygen atoms in total. The second kappa shape index (κ2) is 7.74. The van der Waals surface area contributed by atoms with E-state index < -0.39 is 14.6 Å². The number of rotatable bonds is 1. The molecule has 1 aliphatic rings. The average molecular weight is 348 g/mol. The fourth-order valence-electron chi connectivity index (χ4n) is 1.76. The Morgan fingerprint density at radius 2 is 1.33 bits per heavy atom. The van der Waals surface area contributed by atoms with Crippen LogP contribution in [-0.2, 0) is 42.5 Å². The standard InChI is InChI=1S/C10H18O2S.C4H9.Y/c1-7-6-8(2)9(7)13(11,12)10(3,4)5;1-4(2)3;/h7-9H,1-2,6H2,3-5H3;1-3H3;/q-2;-1;+3. The van der Waals surface area contributed by atoms with Gasteiger partial charge in [0.25, 0.3) is 0 Å². The monoisotopic (exact) mass is 348 g/mol. The summed E-state index contributed by atoms with van der Waals surface area (Å²) in [6, 6.07) is 0. The van der Waals surface area contributed by atoms with Crippen LogP contribution in [0.3, 0.4) is 0 Å². The maximum absolute atomic E-state index is 12.0. The van der Waals surface area contributed by atoms with Crippen LogP contribution in [0.4, 0.5) is 0 Å². The SMILES string of the molecule is C[C-](C)C.[CH2-]C1CC([CH2-])C1S(=O)(=O)C(C)(C)C.[Y+3]. The predicted octanol–water partition coefficient (Wildman–Crippen LogP) is 3.49. The van der Waals surface area contributed by atoms with E-state index in [4.69, 9.17) is 0 Å². The van der Waals surface area contributed by atoms with Crippen molar-refractivity contribution in [2.75, 3.05) is 0 Å². The van der Waals surface area contributed by atoms with E-state index in [1.54, 1.807) is 20.8 Å². The average Bonchev–Trinajstić information content (AvgIpc) is 1.98. The molecule has 2 unspecified atom stereocenters. The summed E-state index contributed by atoms with van der Waals surface area (Å²) in [5.41, 5.74) is 0. The third-order valence-electron chi connectivity index (χ3n) is 2.75. The molecule has 0 N–H and O–H groups in total. The van der Waals surface area contributed by atoms with Crippen LogP contribution in [0.25, 0.3) is 0 Å². The predicted molar refractivity (Wildman–Crippen MR) is 75.0 cm³/mol. The fourth-order valence-corrected chi connectivity index (χ4v) is 3.81. The van der Waals surface area contributed by atoms with Crippen molar-refractivity contribution in [2.24, 2.45) is 11.8 Å². The van der Waals surface area contributed by atoms with Crippen LogP contribution in [0.2, 0.25) is 0 Å². The first-order chi connectivity index (χ1) is 7.41. The van der Waals surface area contributed by atoms with Crippen LogP contribution in [0.15, 0.2) is 0 Å². The normalized spacial score (nSPS) is 27.7. The summed E-state index contributed by atoms with van der Waals surface area (Å²) in [4.78, 5) is 0. The summed E-state index contributed by atoms with van der Waals surface area (Å²) in [6.07, 6.45) is 0.833. The molecule has 0 amide bonds. The second-order valence-electron chi connectivity index (χ2n) is 6.38. The van der Waals surface area contributed by atoms with E-state index in [9.17, 15) is 8.42 Å². The van der Waals surface area contributed by atoms with Gasteiger partial charge in [-0.25, -0.2) is 8.42 Å². The summed E-state index contributed by atoms with van der Waals surface area (Å²) in [7, 11) is -3.06. The molecule has 1 saturated carbocycles. The van der Waals surface area contributed by atoms with Gasteiger partial charge in [-0.2, -0.15) is 32.6 Å². The Bertz CT molecular complexity index is 317. The summed E-state index contributed by atoms with van der Waals surface area (Å²) in [6.45, 7) is 19.1. The zero-order chi connectivity index (χ0) is 14.0. The Labute approximate surface area is 139 Å². The van der Waals surface area contributed by atoms with Crippen LogP contribution in [0.1, 0.15) is 48.0 Å². The Morgan fingerprint density at radius 1 is 1.06 bits per heavy atom. The summed E-state index contributed by atoms with van der Waals surface area (Å²) in [5, 5.41) is -0.326. The Balaban J connectivity index is 0. The molecular weight excluding hydrogens is 321 g/mol.